The molecule has 0 aromatic heterocycles. The number of halogens is 2. The van der Waals surface area contributed by atoms with Gasteiger partial charge in [-0.3, -0.25) is 14.5 Å². The van der Waals surface area contributed by atoms with Crippen LogP contribution in [0.15, 0.2) is 53.4 Å². The molecule has 34 heavy (non-hydrogen) atoms. The van der Waals surface area contributed by atoms with E-state index < -0.39 is 46.1 Å². The molecule has 1 heterocycles. The van der Waals surface area contributed by atoms with Crippen LogP contribution in [0.2, 0.25) is 0 Å². The summed E-state index contributed by atoms with van der Waals surface area (Å²) >= 11 is 0. The second kappa shape index (κ2) is 11.5. The van der Waals surface area contributed by atoms with Crippen LogP contribution < -0.4 is 14.9 Å². The predicted octanol–water partition coefficient (Wildman–Crippen LogP) is 2.35. The highest BCUT2D eigenvalue weighted by Gasteiger charge is 2.31. The summed E-state index contributed by atoms with van der Waals surface area (Å²) in [5, 5.41) is 2.77. The molecule has 2 unspecified atom stereocenters. The second-order valence-electron chi connectivity index (χ2n) is 7.83. The van der Waals surface area contributed by atoms with Crippen LogP contribution in [0.4, 0.5) is 14.5 Å². The molecule has 184 valence electrons. The van der Waals surface area contributed by atoms with Crippen molar-refractivity contribution in [1.29, 1.82) is 0 Å². The Morgan fingerprint density at radius 1 is 1.15 bits per heavy atom. The molecule has 2 N–H and O–H groups in total. The van der Waals surface area contributed by atoms with Crippen LogP contribution in [0.25, 0.3) is 0 Å². The summed E-state index contributed by atoms with van der Waals surface area (Å²) in [5.74, 6) is -2.43. The molecule has 11 heteroatoms. The second-order valence-corrected chi connectivity index (χ2v) is 9.59. The molecule has 2 aromatic rings. The fraction of sp³-hybridized carbons (Fsp3) is 0.391. The summed E-state index contributed by atoms with van der Waals surface area (Å²) in [6.45, 7) is 1.90. The molecule has 2 amide bonds. The number of hydrogen-bond acceptors (Lipinski definition) is 5. The summed E-state index contributed by atoms with van der Waals surface area (Å²) in [4.78, 5) is 27.0. The van der Waals surface area contributed by atoms with Crippen molar-refractivity contribution in [1.82, 2.24) is 10.0 Å². The summed E-state index contributed by atoms with van der Waals surface area (Å²) < 4.78 is 59.8. The maximum Gasteiger partial charge on any atom is 0.243 e. The third-order valence-corrected chi connectivity index (χ3v) is 6.84. The third-order valence-electron chi connectivity index (χ3n) is 5.42. The SMILES string of the molecule is CCC(C(=O)NCC1CCCO1)N(C(=O)CNS(=O)(=O)c1ccc(F)cc1)c1cccc(F)c1. The highest BCUT2D eigenvalue weighted by atomic mass is 32.2. The van der Waals surface area contributed by atoms with Crippen molar-refractivity contribution in [2.75, 3.05) is 24.6 Å². The smallest absolute Gasteiger partial charge is 0.243 e. The van der Waals surface area contributed by atoms with Crippen LogP contribution in [0.1, 0.15) is 26.2 Å². The lowest BCUT2D eigenvalue weighted by Crippen LogP contribution is -2.53. The first-order valence-electron chi connectivity index (χ1n) is 10.9. The molecule has 2 aromatic carbocycles. The summed E-state index contributed by atoms with van der Waals surface area (Å²) in [5.41, 5.74) is 0.116. The Bertz CT molecular complexity index is 1110. The number of amides is 2. The van der Waals surface area contributed by atoms with Gasteiger partial charge in [-0.2, -0.15) is 0 Å². The van der Waals surface area contributed by atoms with Crippen LogP contribution in [-0.4, -0.2) is 52.1 Å². The molecule has 1 saturated heterocycles. The number of sulfonamides is 1. The minimum atomic E-state index is -4.13. The van der Waals surface area contributed by atoms with Crippen molar-refractivity contribution < 1.29 is 31.5 Å². The van der Waals surface area contributed by atoms with Gasteiger partial charge in [0.25, 0.3) is 0 Å². The Labute approximate surface area is 197 Å². The molecule has 0 aliphatic carbocycles. The molecule has 0 radical (unpaired) electrons. The van der Waals surface area contributed by atoms with E-state index in [1.165, 1.54) is 18.2 Å². The molecule has 8 nitrogen and oxygen atoms in total. The lowest BCUT2D eigenvalue weighted by Gasteiger charge is -2.31. The summed E-state index contributed by atoms with van der Waals surface area (Å²) in [7, 11) is -4.13. The van der Waals surface area contributed by atoms with Crippen molar-refractivity contribution in [3.05, 3.63) is 60.2 Å². The van der Waals surface area contributed by atoms with Gasteiger partial charge in [-0.05, 0) is 61.7 Å². The minimum absolute atomic E-state index is 0.109. The van der Waals surface area contributed by atoms with Crippen LogP contribution >= 0.6 is 0 Å². The van der Waals surface area contributed by atoms with Gasteiger partial charge in [0.1, 0.15) is 17.7 Å². The zero-order valence-electron chi connectivity index (χ0n) is 18.7. The van der Waals surface area contributed by atoms with Gasteiger partial charge in [-0.15, -0.1) is 0 Å². The first-order valence-corrected chi connectivity index (χ1v) is 12.4. The molecule has 2 atom stereocenters. The van der Waals surface area contributed by atoms with Crippen molar-refractivity contribution >= 4 is 27.5 Å². The topological polar surface area (TPSA) is 105 Å². The molecule has 0 bridgehead atoms. The maximum absolute atomic E-state index is 13.9. The number of nitrogens with zero attached hydrogens (tertiary/aromatic N) is 1. The predicted molar refractivity (Wildman–Crippen MR) is 122 cm³/mol. The molecule has 3 rings (SSSR count). The quantitative estimate of drug-likeness (QED) is 0.527. The monoisotopic (exact) mass is 495 g/mol. The van der Waals surface area contributed by atoms with Gasteiger partial charge in [0.05, 0.1) is 17.5 Å². The van der Waals surface area contributed by atoms with E-state index in [-0.39, 0.29) is 29.7 Å². The number of hydrogen-bond donors (Lipinski definition) is 2. The first kappa shape index (κ1) is 25.7. The van der Waals surface area contributed by atoms with E-state index in [1.807, 2.05) is 0 Å². The Morgan fingerprint density at radius 2 is 1.88 bits per heavy atom. The van der Waals surface area contributed by atoms with Crippen molar-refractivity contribution in [3.63, 3.8) is 0 Å². The van der Waals surface area contributed by atoms with Crippen molar-refractivity contribution in [3.8, 4) is 0 Å². The summed E-state index contributed by atoms with van der Waals surface area (Å²) in [6, 6.07) is 8.26. The van der Waals surface area contributed by atoms with Gasteiger partial charge in [-0.25, -0.2) is 21.9 Å². The number of nitrogens with one attached hydrogen (secondary N) is 2. The number of ether oxygens (including phenoxy) is 1. The van der Waals surface area contributed by atoms with Crippen LogP contribution in [0.5, 0.6) is 0 Å². The third kappa shape index (κ3) is 6.58. The average molecular weight is 496 g/mol. The number of benzene rings is 2. The molecule has 1 aliphatic rings. The fourth-order valence-corrected chi connectivity index (χ4v) is 4.66. The highest BCUT2D eigenvalue weighted by molar-refractivity contribution is 7.89. The standard InChI is InChI=1S/C23H27F2N3O5S/c1-2-21(23(30)26-14-19-7-4-12-33-19)28(18-6-3-5-17(25)13-18)22(29)15-27-34(31,32)20-10-8-16(24)9-11-20/h3,5-6,8-11,13,19,21,27H,2,4,7,12,14-15H2,1H3,(H,26,30). The normalized spacial score (nSPS) is 16.7. The van der Waals surface area contributed by atoms with Gasteiger partial charge >= 0.3 is 0 Å². The van der Waals surface area contributed by atoms with E-state index in [0.29, 0.717) is 6.61 Å². The number of rotatable bonds is 10. The van der Waals surface area contributed by atoms with E-state index in [2.05, 4.69) is 10.0 Å². The Kier molecular flexibility index (Phi) is 8.70. The van der Waals surface area contributed by atoms with Gasteiger partial charge in [0.2, 0.25) is 21.8 Å². The minimum Gasteiger partial charge on any atom is -0.376 e. The molecule has 1 aliphatic heterocycles. The van der Waals surface area contributed by atoms with E-state index in [9.17, 15) is 26.8 Å². The van der Waals surface area contributed by atoms with Crippen LogP contribution in [-0.2, 0) is 24.3 Å². The average Bonchev–Trinajstić information content (AvgIpc) is 3.33. The van der Waals surface area contributed by atoms with E-state index in [0.717, 1.165) is 48.1 Å². The van der Waals surface area contributed by atoms with E-state index in [1.54, 1.807) is 6.92 Å². The lowest BCUT2D eigenvalue weighted by molar-refractivity contribution is -0.126. The maximum atomic E-state index is 13.9. The van der Waals surface area contributed by atoms with Crippen LogP contribution in [0, 0.1) is 11.6 Å². The molecule has 1 fully saturated rings. The lowest BCUT2D eigenvalue weighted by atomic mass is 10.1. The van der Waals surface area contributed by atoms with Gasteiger partial charge in [0, 0.05) is 18.8 Å². The molecular formula is C23H27F2N3O5S. The van der Waals surface area contributed by atoms with Gasteiger partial charge in [0.15, 0.2) is 0 Å². The van der Waals surface area contributed by atoms with Crippen molar-refractivity contribution in [2.24, 2.45) is 0 Å². The number of anilines is 1. The first-order chi connectivity index (χ1) is 16.2. The highest BCUT2D eigenvalue weighted by Crippen LogP contribution is 2.21. The van der Waals surface area contributed by atoms with Gasteiger partial charge < -0.3 is 10.1 Å². The number of carbonyl (C=O) groups excluding carboxylic acids is 2. The van der Waals surface area contributed by atoms with Gasteiger partial charge in [-0.1, -0.05) is 13.0 Å². The fourth-order valence-electron chi connectivity index (χ4n) is 3.69. The Morgan fingerprint density at radius 3 is 2.50 bits per heavy atom. The molecule has 0 spiro atoms. The Hall–Kier alpha value is -2.89. The summed E-state index contributed by atoms with van der Waals surface area (Å²) in [6.07, 6.45) is 1.81. The Balaban J connectivity index is 1.79. The zero-order chi connectivity index (χ0) is 24.7. The van der Waals surface area contributed by atoms with E-state index in [4.69, 9.17) is 4.74 Å². The van der Waals surface area contributed by atoms with Crippen molar-refractivity contribution in [2.45, 2.75) is 43.2 Å². The molecule has 0 saturated carbocycles. The largest absolute Gasteiger partial charge is 0.376 e. The zero-order valence-corrected chi connectivity index (χ0v) is 19.5. The number of carbonyl (C=O) groups is 2. The molecular weight excluding hydrogens is 468 g/mol. The van der Waals surface area contributed by atoms with Crippen LogP contribution in [0.3, 0.4) is 0 Å². The van der Waals surface area contributed by atoms with E-state index >= 15 is 0 Å².